The van der Waals surface area contributed by atoms with Crippen molar-refractivity contribution in [1.29, 1.82) is 0 Å². The summed E-state index contributed by atoms with van der Waals surface area (Å²) < 4.78 is 0. The first-order valence-electron chi connectivity index (χ1n) is 21.1. The molecular weight excluding hydrogens is 739 g/mol. The second-order valence-electron chi connectivity index (χ2n) is 16.1. The second kappa shape index (κ2) is 15.4. The molecule has 9 aromatic carbocycles. The maximum Gasteiger partial charge on any atom is 0.164 e. The Bertz CT molecular complexity index is 3300. The summed E-state index contributed by atoms with van der Waals surface area (Å²) in [6.07, 6.45) is 5.65. The van der Waals surface area contributed by atoms with Crippen LogP contribution in [0.3, 0.4) is 0 Å². The van der Waals surface area contributed by atoms with E-state index in [1.54, 1.807) is 0 Å². The van der Waals surface area contributed by atoms with Crippen LogP contribution in [-0.4, -0.2) is 15.0 Å². The van der Waals surface area contributed by atoms with Crippen LogP contribution in [0, 0.1) is 5.92 Å². The van der Waals surface area contributed by atoms with Gasteiger partial charge in [-0.3, -0.25) is 0 Å². The lowest BCUT2D eigenvalue weighted by Gasteiger charge is -2.19. The van der Waals surface area contributed by atoms with Crippen molar-refractivity contribution in [1.82, 2.24) is 15.0 Å². The minimum atomic E-state index is 0.533. The molecule has 0 bridgehead atoms. The minimum Gasteiger partial charge on any atom is -0.208 e. The van der Waals surface area contributed by atoms with Gasteiger partial charge in [0.1, 0.15) is 0 Å². The fraction of sp³-hybridized carbons (Fsp3) is 0.0517. The molecule has 0 amide bonds. The molecule has 1 unspecified atom stereocenters. The molecule has 3 nitrogen and oxygen atoms in total. The van der Waals surface area contributed by atoms with Crippen LogP contribution < -0.4 is 0 Å². The van der Waals surface area contributed by atoms with Crippen molar-refractivity contribution in [2.75, 3.05) is 0 Å². The van der Waals surface area contributed by atoms with Gasteiger partial charge in [-0.25, -0.2) is 15.0 Å². The number of aromatic nitrogens is 3. The highest BCUT2D eigenvalue weighted by Crippen LogP contribution is 2.37. The minimum absolute atomic E-state index is 0.533. The zero-order valence-corrected chi connectivity index (χ0v) is 33.8. The molecule has 0 fully saturated rings. The summed E-state index contributed by atoms with van der Waals surface area (Å²) in [5.41, 5.74) is 14.8. The Morgan fingerprint density at radius 1 is 0.361 bits per heavy atom. The predicted molar refractivity (Wildman–Crippen MR) is 255 cm³/mol. The molecule has 0 spiro atoms. The third-order valence-electron chi connectivity index (χ3n) is 12.0. The molecule has 3 heteroatoms. The number of rotatable bonds is 7. The maximum atomic E-state index is 5.22. The third kappa shape index (κ3) is 7.11. The van der Waals surface area contributed by atoms with Crippen LogP contribution in [0.4, 0.5) is 0 Å². The maximum absolute atomic E-state index is 5.22. The lowest BCUT2D eigenvalue weighted by Crippen LogP contribution is -2.04. The van der Waals surface area contributed by atoms with E-state index in [2.05, 4.69) is 213 Å². The fourth-order valence-corrected chi connectivity index (χ4v) is 8.88. The molecule has 11 rings (SSSR count). The molecule has 61 heavy (non-hydrogen) atoms. The first-order valence-corrected chi connectivity index (χ1v) is 21.1. The highest BCUT2D eigenvalue weighted by Gasteiger charge is 2.17. The summed E-state index contributed by atoms with van der Waals surface area (Å²) in [4.78, 5) is 15.6. The monoisotopic (exact) mass is 779 g/mol. The van der Waals surface area contributed by atoms with Gasteiger partial charge in [0.05, 0.1) is 0 Å². The Hall–Kier alpha value is -7.75. The lowest BCUT2D eigenvalue weighted by atomic mass is 9.86. The van der Waals surface area contributed by atoms with Crippen LogP contribution in [0.15, 0.2) is 206 Å². The van der Waals surface area contributed by atoms with Gasteiger partial charge in [-0.15, -0.1) is 0 Å². The van der Waals surface area contributed by atoms with Gasteiger partial charge in [0.25, 0.3) is 0 Å². The molecule has 1 atom stereocenters. The predicted octanol–water partition coefficient (Wildman–Crippen LogP) is 15.1. The molecule has 10 aromatic rings. The Labute approximate surface area is 356 Å². The first-order chi connectivity index (χ1) is 30.1. The summed E-state index contributed by atoms with van der Waals surface area (Å²) in [7, 11) is 0. The molecule has 1 aliphatic rings. The van der Waals surface area contributed by atoms with E-state index in [9.17, 15) is 0 Å². The van der Waals surface area contributed by atoms with Gasteiger partial charge in [-0.1, -0.05) is 189 Å². The molecule has 1 aromatic heterocycles. The summed E-state index contributed by atoms with van der Waals surface area (Å²) in [5.74, 6) is 2.44. The second-order valence-corrected chi connectivity index (χ2v) is 16.1. The van der Waals surface area contributed by atoms with Crippen LogP contribution in [-0.2, 0) is 6.42 Å². The summed E-state index contributed by atoms with van der Waals surface area (Å²) in [6.45, 7) is 2.28. The van der Waals surface area contributed by atoms with Gasteiger partial charge >= 0.3 is 0 Å². The van der Waals surface area contributed by atoms with E-state index in [4.69, 9.17) is 15.0 Å². The van der Waals surface area contributed by atoms with Gasteiger partial charge in [0.15, 0.2) is 17.5 Å². The summed E-state index contributed by atoms with van der Waals surface area (Å²) in [5, 5.41) is 4.92. The van der Waals surface area contributed by atoms with Crippen LogP contribution in [0.5, 0.6) is 0 Å². The van der Waals surface area contributed by atoms with Crippen molar-refractivity contribution < 1.29 is 0 Å². The van der Waals surface area contributed by atoms with Crippen molar-refractivity contribution in [3.05, 3.63) is 217 Å². The van der Waals surface area contributed by atoms with E-state index in [-0.39, 0.29) is 0 Å². The average molecular weight is 780 g/mol. The number of benzene rings is 9. The SMILES string of the molecule is CC1C=Cc2c(cccc2-c2cccc(-c3nc(-c4cccc(-c5ccccc5)c4)nc(-c4cccc(-c5ccc6cc(-c7cccc8ccccc78)ccc6c5)c4)n3)c2)C1. The molecule has 0 radical (unpaired) electrons. The van der Waals surface area contributed by atoms with Crippen molar-refractivity contribution in [3.63, 3.8) is 0 Å². The highest BCUT2D eigenvalue weighted by molar-refractivity contribution is 5.99. The van der Waals surface area contributed by atoms with Crippen LogP contribution in [0.1, 0.15) is 18.1 Å². The van der Waals surface area contributed by atoms with Gasteiger partial charge in [-0.05, 0) is 120 Å². The van der Waals surface area contributed by atoms with Gasteiger partial charge in [-0.2, -0.15) is 0 Å². The fourth-order valence-electron chi connectivity index (χ4n) is 8.88. The molecule has 0 saturated heterocycles. The van der Waals surface area contributed by atoms with E-state index in [0.29, 0.717) is 23.4 Å². The normalized spacial score (nSPS) is 13.4. The van der Waals surface area contributed by atoms with E-state index in [1.165, 1.54) is 49.4 Å². The number of hydrogen-bond acceptors (Lipinski definition) is 3. The van der Waals surface area contributed by atoms with Crippen molar-refractivity contribution in [2.24, 2.45) is 5.92 Å². The largest absolute Gasteiger partial charge is 0.208 e. The van der Waals surface area contributed by atoms with E-state index in [0.717, 1.165) is 50.9 Å². The zero-order chi connectivity index (χ0) is 40.7. The Balaban J connectivity index is 0.996. The van der Waals surface area contributed by atoms with E-state index in [1.807, 2.05) is 6.07 Å². The Morgan fingerprint density at radius 3 is 1.56 bits per heavy atom. The molecule has 0 saturated carbocycles. The van der Waals surface area contributed by atoms with Crippen LogP contribution >= 0.6 is 0 Å². The molecule has 1 aliphatic carbocycles. The molecule has 1 heterocycles. The van der Waals surface area contributed by atoms with Crippen LogP contribution in [0.25, 0.3) is 106 Å². The smallest absolute Gasteiger partial charge is 0.164 e. The molecular formula is C58H41N3. The summed E-state index contributed by atoms with van der Waals surface area (Å²) in [6, 6.07) is 71.5. The quantitative estimate of drug-likeness (QED) is 0.162. The highest BCUT2D eigenvalue weighted by atomic mass is 15.0. The van der Waals surface area contributed by atoms with Crippen molar-refractivity contribution >= 4 is 27.6 Å². The van der Waals surface area contributed by atoms with E-state index >= 15 is 0 Å². The van der Waals surface area contributed by atoms with Gasteiger partial charge in [0, 0.05) is 16.7 Å². The van der Waals surface area contributed by atoms with Gasteiger partial charge < -0.3 is 0 Å². The van der Waals surface area contributed by atoms with E-state index < -0.39 is 0 Å². The third-order valence-corrected chi connectivity index (χ3v) is 12.0. The van der Waals surface area contributed by atoms with Crippen LogP contribution in [0.2, 0.25) is 0 Å². The van der Waals surface area contributed by atoms with Gasteiger partial charge in [0.2, 0.25) is 0 Å². The topological polar surface area (TPSA) is 38.7 Å². The average Bonchev–Trinajstić information content (AvgIpc) is 3.33. The Morgan fingerprint density at radius 2 is 0.836 bits per heavy atom. The number of allylic oxidation sites excluding steroid dienone is 1. The van der Waals surface area contributed by atoms with Crippen molar-refractivity contribution in [3.8, 4) is 78.7 Å². The molecule has 0 N–H and O–H groups in total. The Kier molecular flexibility index (Phi) is 9.20. The standard InChI is InChI=1S/C58H41N3/c1-38-26-31-55-46(32-38)19-11-25-53(55)47-18-9-22-51(37-47)58-60-56(49-20-7-16-41(35-49)39-12-3-2-4-13-39)59-57(61-58)50-21-8-17-42(36-50)43-27-28-45-34-48(30-29-44(45)33-43)54-24-10-15-40-14-5-6-23-52(40)54/h2-31,33-38H,32H2,1H3. The van der Waals surface area contributed by atoms with Crippen molar-refractivity contribution in [2.45, 2.75) is 13.3 Å². The summed E-state index contributed by atoms with van der Waals surface area (Å²) >= 11 is 0. The molecule has 288 valence electrons. The number of hydrogen-bond donors (Lipinski definition) is 0. The molecule has 0 aliphatic heterocycles. The number of nitrogens with zero attached hydrogens (tertiary/aromatic N) is 3. The zero-order valence-electron chi connectivity index (χ0n) is 33.8. The number of fused-ring (bicyclic) bond motifs is 3. The first kappa shape index (κ1) is 36.3. The lowest BCUT2D eigenvalue weighted by molar-refractivity contribution is 0.717.